The van der Waals surface area contributed by atoms with Crippen LogP contribution in [-0.2, 0) is 0 Å². The molecule has 2 aromatic carbocycles. The highest BCUT2D eigenvalue weighted by atomic mass is 35.5. The lowest BCUT2D eigenvalue weighted by Gasteiger charge is -2.16. The molecule has 0 aliphatic rings. The average Bonchev–Trinajstić information content (AvgIpc) is 2.49. The number of anilines is 1. The van der Waals surface area contributed by atoms with Gasteiger partial charge in [0.25, 0.3) is 5.91 Å². The van der Waals surface area contributed by atoms with Crippen molar-refractivity contribution in [3.05, 3.63) is 64.7 Å². The van der Waals surface area contributed by atoms with Gasteiger partial charge < -0.3 is 10.6 Å². The van der Waals surface area contributed by atoms with Gasteiger partial charge in [0, 0.05) is 18.8 Å². The fourth-order valence-electron chi connectivity index (χ4n) is 2.00. The maximum Gasteiger partial charge on any atom is 0.252 e. The third-order valence-electron chi connectivity index (χ3n) is 3.12. The summed E-state index contributed by atoms with van der Waals surface area (Å²) in [6.07, 6.45) is 0. The topological polar surface area (TPSA) is 41.1 Å². The van der Waals surface area contributed by atoms with Gasteiger partial charge in [-0.15, -0.1) is 0 Å². The molecule has 2 N–H and O–H groups in total. The van der Waals surface area contributed by atoms with Crippen molar-refractivity contribution in [2.75, 3.05) is 12.4 Å². The maximum atomic E-state index is 11.7. The molecule has 0 aliphatic heterocycles. The minimum Gasteiger partial charge on any atom is -0.379 e. The molecule has 1 atom stereocenters. The Balaban J connectivity index is 2.20. The van der Waals surface area contributed by atoms with Crippen LogP contribution >= 0.6 is 11.6 Å². The van der Waals surface area contributed by atoms with Gasteiger partial charge in [0.1, 0.15) is 0 Å². The standard InChI is InChI=1S/C16H17ClN2O/c1-11(12-6-4-3-5-7-12)19-13-8-9-15(17)14(10-13)16(20)18-2/h3-11,19H,1-2H3,(H,18,20). The molecule has 104 valence electrons. The summed E-state index contributed by atoms with van der Waals surface area (Å²) >= 11 is 6.03. The van der Waals surface area contributed by atoms with Crippen LogP contribution in [0.3, 0.4) is 0 Å². The second kappa shape index (κ2) is 6.44. The molecule has 1 unspecified atom stereocenters. The molecule has 3 nitrogen and oxygen atoms in total. The van der Waals surface area contributed by atoms with Crippen molar-refractivity contribution in [3.8, 4) is 0 Å². The van der Waals surface area contributed by atoms with E-state index in [2.05, 4.69) is 29.7 Å². The summed E-state index contributed by atoms with van der Waals surface area (Å²) in [6, 6.07) is 15.6. The van der Waals surface area contributed by atoms with E-state index in [1.807, 2.05) is 24.3 Å². The molecular weight excluding hydrogens is 272 g/mol. The molecule has 0 bridgehead atoms. The van der Waals surface area contributed by atoms with Crippen LogP contribution in [0.2, 0.25) is 5.02 Å². The van der Waals surface area contributed by atoms with E-state index in [0.29, 0.717) is 10.6 Å². The van der Waals surface area contributed by atoms with Gasteiger partial charge in [-0.2, -0.15) is 0 Å². The van der Waals surface area contributed by atoms with Crippen LogP contribution in [0.25, 0.3) is 0 Å². The second-order valence-corrected chi connectivity index (χ2v) is 4.96. The lowest BCUT2D eigenvalue weighted by atomic mass is 10.1. The van der Waals surface area contributed by atoms with E-state index >= 15 is 0 Å². The Morgan fingerprint density at radius 2 is 1.85 bits per heavy atom. The molecule has 0 saturated carbocycles. The first kappa shape index (κ1) is 14.4. The number of carbonyl (C=O) groups is 1. The quantitative estimate of drug-likeness (QED) is 0.896. The summed E-state index contributed by atoms with van der Waals surface area (Å²) in [5.41, 5.74) is 2.52. The minimum absolute atomic E-state index is 0.148. The van der Waals surface area contributed by atoms with E-state index < -0.39 is 0 Å². The summed E-state index contributed by atoms with van der Waals surface area (Å²) in [5.74, 6) is -0.189. The lowest BCUT2D eigenvalue weighted by molar-refractivity contribution is 0.0963. The second-order valence-electron chi connectivity index (χ2n) is 4.55. The van der Waals surface area contributed by atoms with Crippen LogP contribution in [0.1, 0.15) is 28.9 Å². The molecule has 2 aromatic rings. The maximum absolute atomic E-state index is 11.7. The summed E-state index contributed by atoms with van der Waals surface area (Å²) in [6.45, 7) is 2.07. The highest BCUT2D eigenvalue weighted by molar-refractivity contribution is 6.34. The Bertz CT molecular complexity index is 599. The van der Waals surface area contributed by atoms with Gasteiger partial charge in [-0.1, -0.05) is 41.9 Å². The van der Waals surface area contributed by atoms with Crippen molar-refractivity contribution < 1.29 is 4.79 Å². The van der Waals surface area contributed by atoms with E-state index in [1.165, 1.54) is 5.56 Å². The minimum atomic E-state index is -0.189. The van der Waals surface area contributed by atoms with Gasteiger partial charge in [0.2, 0.25) is 0 Å². The van der Waals surface area contributed by atoms with E-state index in [1.54, 1.807) is 19.2 Å². The molecule has 4 heteroatoms. The summed E-state index contributed by atoms with van der Waals surface area (Å²) in [7, 11) is 1.59. The number of benzene rings is 2. The van der Waals surface area contributed by atoms with Crippen molar-refractivity contribution in [1.82, 2.24) is 5.32 Å². The molecule has 1 amide bonds. The molecule has 0 heterocycles. The van der Waals surface area contributed by atoms with Crippen LogP contribution in [0.4, 0.5) is 5.69 Å². The smallest absolute Gasteiger partial charge is 0.252 e. The highest BCUT2D eigenvalue weighted by Crippen LogP contribution is 2.24. The molecule has 0 radical (unpaired) electrons. The van der Waals surface area contributed by atoms with Crippen LogP contribution in [0.5, 0.6) is 0 Å². The number of amides is 1. The summed E-state index contributed by atoms with van der Waals surface area (Å²) in [5, 5.41) is 6.40. The fraction of sp³-hybridized carbons (Fsp3) is 0.188. The zero-order valence-corrected chi connectivity index (χ0v) is 12.2. The van der Waals surface area contributed by atoms with Gasteiger partial charge in [0.05, 0.1) is 10.6 Å². The van der Waals surface area contributed by atoms with Crippen molar-refractivity contribution in [1.29, 1.82) is 0 Å². The first-order chi connectivity index (χ1) is 9.61. The number of nitrogens with one attached hydrogen (secondary N) is 2. The van der Waals surface area contributed by atoms with Crippen LogP contribution in [0, 0.1) is 0 Å². The molecule has 0 aromatic heterocycles. The molecule has 2 rings (SSSR count). The van der Waals surface area contributed by atoms with Crippen LogP contribution < -0.4 is 10.6 Å². The van der Waals surface area contributed by atoms with Crippen molar-refractivity contribution in [2.24, 2.45) is 0 Å². The highest BCUT2D eigenvalue weighted by Gasteiger charge is 2.11. The number of hydrogen-bond acceptors (Lipinski definition) is 2. The van der Waals surface area contributed by atoms with Gasteiger partial charge in [0.15, 0.2) is 0 Å². The lowest BCUT2D eigenvalue weighted by Crippen LogP contribution is -2.18. The van der Waals surface area contributed by atoms with Crippen LogP contribution in [-0.4, -0.2) is 13.0 Å². The molecular formula is C16H17ClN2O. The number of rotatable bonds is 4. The SMILES string of the molecule is CNC(=O)c1cc(NC(C)c2ccccc2)ccc1Cl. The van der Waals surface area contributed by atoms with Crippen molar-refractivity contribution in [2.45, 2.75) is 13.0 Å². The Kier molecular flexibility index (Phi) is 4.64. The van der Waals surface area contributed by atoms with Crippen molar-refractivity contribution in [3.63, 3.8) is 0 Å². The fourth-order valence-corrected chi connectivity index (χ4v) is 2.20. The zero-order chi connectivity index (χ0) is 14.5. The molecule has 0 saturated heterocycles. The predicted molar refractivity (Wildman–Crippen MR) is 83.3 cm³/mol. The first-order valence-corrected chi connectivity index (χ1v) is 6.82. The van der Waals surface area contributed by atoms with E-state index in [-0.39, 0.29) is 11.9 Å². The van der Waals surface area contributed by atoms with E-state index in [9.17, 15) is 4.79 Å². The normalized spacial score (nSPS) is 11.8. The largest absolute Gasteiger partial charge is 0.379 e. The van der Waals surface area contributed by atoms with Gasteiger partial charge in [-0.25, -0.2) is 0 Å². The number of hydrogen-bond donors (Lipinski definition) is 2. The van der Waals surface area contributed by atoms with E-state index in [0.717, 1.165) is 5.69 Å². The van der Waals surface area contributed by atoms with Crippen LogP contribution in [0.15, 0.2) is 48.5 Å². The van der Waals surface area contributed by atoms with Gasteiger partial charge in [-0.05, 0) is 30.7 Å². The zero-order valence-electron chi connectivity index (χ0n) is 11.5. The Morgan fingerprint density at radius 1 is 1.15 bits per heavy atom. The summed E-state index contributed by atoms with van der Waals surface area (Å²) < 4.78 is 0. The van der Waals surface area contributed by atoms with E-state index in [4.69, 9.17) is 11.6 Å². The molecule has 0 spiro atoms. The Morgan fingerprint density at radius 3 is 2.50 bits per heavy atom. The third-order valence-corrected chi connectivity index (χ3v) is 3.45. The monoisotopic (exact) mass is 288 g/mol. The molecule has 20 heavy (non-hydrogen) atoms. The number of carbonyl (C=O) groups excluding carboxylic acids is 1. The van der Waals surface area contributed by atoms with Crippen molar-refractivity contribution >= 4 is 23.2 Å². The predicted octanol–water partition coefficient (Wildman–Crippen LogP) is 3.87. The summed E-state index contributed by atoms with van der Waals surface area (Å²) in [4.78, 5) is 11.7. The van der Waals surface area contributed by atoms with Gasteiger partial charge in [-0.3, -0.25) is 4.79 Å². The third kappa shape index (κ3) is 3.31. The molecule has 0 aliphatic carbocycles. The van der Waals surface area contributed by atoms with Gasteiger partial charge >= 0.3 is 0 Å². The Hall–Kier alpha value is -2.00. The average molecular weight is 289 g/mol. The molecule has 0 fully saturated rings. The first-order valence-electron chi connectivity index (χ1n) is 6.45. The Labute approximate surface area is 124 Å². The number of halogens is 1.